The zero-order valence-corrected chi connectivity index (χ0v) is 9.13. The number of hydrogen-bond donors (Lipinski definition) is 1. The van der Waals surface area contributed by atoms with Crippen molar-refractivity contribution in [1.29, 1.82) is 0 Å². The fourth-order valence-electron chi connectivity index (χ4n) is 0.894. The number of rotatable bonds is 4. The molecule has 0 spiro atoms. The van der Waals surface area contributed by atoms with Gasteiger partial charge in [-0.15, -0.1) is 0 Å². The molecule has 0 fully saturated rings. The van der Waals surface area contributed by atoms with Gasteiger partial charge in [0.15, 0.2) is 0 Å². The number of hydrogen-bond acceptors (Lipinski definition) is 1. The van der Waals surface area contributed by atoms with E-state index in [2.05, 4.69) is 43.4 Å². The fourth-order valence-corrected chi connectivity index (χ4v) is 1.41. The van der Waals surface area contributed by atoms with E-state index in [4.69, 9.17) is 0 Å². The van der Waals surface area contributed by atoms with Gasteiger partial charge in [-0.3, -0.25) is 0 Å². The second kappa shape index (κ2) is 5.35. The summed E-state index contributed by atoms with van der Waals surface area (Å²) in [4.78, 5) is 0. The van der Waals surface area contributed by atoms with Crippen LogP contribution in [0, 0.1) is 11.8 Å². The van der Waals surface area contributed by atoms with Crippen molar-refractivity contribution in [2.45, 2.75) is 33.3 Å². The highest BCUT2D eigenvalue weighted by atomic mass is 127. The lowest BCUT2D eigenvalue weighted by Crippen LogP contribution is -2.25. The van der Waals surface area contributed by atoms with Crippen molar-refractivity contribution in [1.82, 2.24) is 0 Å². The molecule has 0 rings (SSSR count). The Morgan fingerprint density at radius 3 is 2.30 bits per heavy atom. The van der Waals surface area contributed by atoms with Gasteiger partial charge in [0.1, 0.15) is 0 Å². The van der Waals surface area contributed by atoms with E-state index in [-0.39, 0.29) is 6.10 Å². The van der Waals surface area contributed by atoms with Crippen molar-refractivity contribution in [3.63, 3.8) is 0 Å². The van der Waals surface area contributed by atoms with Crippen molar-refractivity contribution in [2.75, 3.05) is 4.43 Å². The van der Waals surface area contributed by atoms with Crippen LogP contribution in [-0.2, 0) is 0 Å². The highest BCUT2D eigenvalue weighted by Crippen LogP contribution is 2.17. The third-order valence-electron chi connectivity index (χ3n) is 2.05. The molecule has 0 saturated carbocycles. The molecule has 0 heterocycles. The Bertz CT molecular complexity index is 75.3. The van der Waals surface area contributed by atoms with Crippen molar-refractivity contribution in [2.24, 2.45) is 11.8 Å². The van der Waals surface area contributed by atoms with Crippen LogP contribution in [0.1, 0.15) is 27.2 Å². The minimum atomic E-state index is -0.109. The molecule has 0 aromatic carbocycles. The lowest BCUT2D eigenvalue weighted by molar-refractivity contribution is 0.0736. The lowest BCUT2D eigenvalue weighted by atomic mass is 9.97. The molecule has 0 saturated heterocycles. The Labute approximate surface area is 77.3 Å². The van der Waals surface area contributed by atoms with E-state index in [9.17, 15) is 5.11 Å². The van der Waals surface area contributed by atoms with Gasteiger partial charge < -0.3 is 5.11 Å². The third kappa shape index (κ3) is 3.19. The summed E-state index contributed by atoms with van der Waals surface area (Å²) in [5.74, 6) is 0.889. The Hall–Kier alpha value is 0.690. The summed E-state index contributed by atoms with van der Waals surface area (Å²) in [6, 6.07) is 0. The van der Waals surface area contributed by atoms with E-state index < -0.39 is 0 Å². The molecule has 0 unspecified atom stereocenters. The largest absolute Gasteiger partial charge is 0.393 e. The van der Waals surface area contributed by atoms with E-state index in [1.165, 1.54) is 0 Å². The number of halogens is 1. The number of aliphatic hydroxyl groups excluding tert-OH is 1. The molecule has 1 nitrogen and oxygen atoms in total. The molecule has 0 bridgehead atoms. The summed E-state index contributed by atoms with van der Waals surface area (Å²) in [5, 5.41) is 9.58. The molecular formula is C8H17IO. The molecule has 0 radical (unpaired) electrons. The van der Waals surface area contributed by atoms with E-state index in [0.29, 0.717) is 11.8 Å². The molecule has 0 aliphatic rings. The van der Waals surface area contributed by atoms with Crippen molar-refractivity contribution in [3.05, 3.63) is 0 Å². The zero-order valence-electron chi connectivity index (χ0n) is 6.97. The lowest BCUT2D eigenvalue weighted by Gasteiger charge is -2.21. The van der Waals surface area contributed by atoms with Crippen LogP contribution in [0.25, 0.3) is 0 Å². The Kier molecular flexibility index (Phi) is 5.72. The molecule has 0 amide bonds. The topological polar surface area (TPSA) is 20.2 Å². The highest BCUT2D eigenvalue weighted by molar-refractivity contribution is 14.1. The second-order valence-corrected chi connectivity index (χ2v) is 3.89. The maximum Gasteiger partial charge on any atom is 0.0598 e. The first kappa shape index (κ1) is 10.7. The smallest absolute Gasteiger partial charge is 0.0598 e. The first-order valence-corrected chi connectivity index (χ1v) is 5.40. The molecule has 0 aliphatic carbocycles. The molecule has 62 valence electrons. The van der Waals surface area contributed by atoms with Gasteiger partial charge in [0.05, 0.1) is 6.10 Å². The molecule has 10 heavy (non-hydrogen) atoms. The molecule has 0 aromatic heterocycles. The summed E-state index contributed by atoms with van der Waals surface area (Å²) >= 11 is 2.32. The first-order chi connectivity index (χ1) is 4.63. The van der Waals surface area contributed by atoms with Crippen LogP contribution >= 0.6 is 22.6 Å². The SMILES string of the molecule is CC[C@H](C)[C@@H](O)[C@@H](C)[14CH2]I. The number of alkyl halides is 1. The van der Waals surface area contributed by atoms with E-state index in [0.717, 1.165) is 10.8 Å². The monoisotopic (exact) mass is 258 g/mol. The van der Waals surface area contributed by atoms with E-state index in [1.54, 1.807) is 0 Å². The molecular weight excluding hydrogens is 241 g/mol. The Morgan fingerprint density at radius 2 is 2.00 bits per heavy atom. The van der Waals surface area contributed by atoms with Gasteiger partial charge in [0.25, 0.3) is 0 Å². The molecule has 3 atom stereocenters. The normalized spacial score (nSPS) is 20.1. The van der Waals surface area contributed by atoms with E-state index >= 15 is 0 Å². The minimum absolute atomic E-state index is 0.109. The molecule has 1 N–H and O–H groups in total. The van der Waals surface area contributed by atoms with Crippen LogP contribution < -0.4 is 0 Å². The van der Waals surface area contributed by atoms with Crippen LogP contribution in [0.2, 0.25) is 0 Å². The second-order valence-electron chi connectivity index (χ2n) is 3.01. The maximum absolute atomic E-state index is 9.58. The van der Waals surface area contributed by atoms with Crippen LogP contribution in [0.5, 0.6) is 0 Å². The van der Waals surface area contributed by atoms with Gasteiger partial charge in [-0.25, -0.2) is 0 Å². The quantitative estimate of drug-likeness (QED) is 0.606. The summed E-state index contributed by atoms with van der Waals surface area (Å²) < 4.78 is 1.04. The first-order valence-electron chi connectivity index (χ1n) is 3.87. The maximum atomic E-state index is 9.58. The predicted molar refractivity (Wildman–Crippen MR) is 53.5 cm³/mol. The summed E-state index contributed by atoms with van der Waals surface area (Å²) in [6.45, 7) is 6.32. The molecule has 2 heteroatoms. The average Bonchev–Trinajstić information content (AvgIpc) is 2.00. The molecule has 0 aromatic rings. The van der Waals surface area contributed by atoms with Gasteiger partial charge in [-0.05, 0) is 11.8 Å². The third-order valence-corrected chi connectivity index (χ3v) is 3.44. The van der Waals surface area contributed by atoms with Gasteiger partial charge in [0, 0.05) is 4.43 Å². The zero-order chi connectivity index (χ0) is 8.15. The van der Waals surface area contributed by atoms with Crippen molar-refractivity contribution in [3.8, 4) is 0 Å². The Morgan fingerprint density at radius 1 is 1.50 bits per heavy atom. The van der Waals surface area contributed by atoms with Gasteiger partial charge in [-0.1, -0.05) is 49.8 Å². The van der Waals surface area contributed by atoms with Crippen molar-refractivity contribution >= 4 is 22.6 Å². The van der Waals surface area contributed by atoms with Crippen LogP contribution in [0.15, 0.2) is 0 Å². The van der Waals surface area contributed by atoms with Gasteiger partial charge >= 0.3 is 0 Å². The Balaban J connectivity index is 3.69. The fraction of sp³-hybridized carbons (Fsp3) is 1.00. The van der Waals surface area contributed by atoms with Gasteiger partial charge in [0.2, 0.25) is 0 Å². The standard InChI is InChI=1S/C8H17IO/c1-4-6(2)8(10)7(3)5-9/h6-8,10H,4-5H2,1-3H3/t6-,7-,8+/m0/s1/i5+2. The average molecular weight is 258 g/mol. The highest BCUT2D eigenvalue weighted by Gasteiger charge is 2.17. The molecule has 0 aliphatic heterocycles. The van der Waals surface area contributed by atoms with Crippen LogP contribution in [0.4, 0.5) is 0 Å². The van der Waals surface area contributed by atoms with Gasteiger partial charge in [-0.2, -0.15) is 0 Å². The van der Waals surface area contributed by atoms with E-state index in [1.807, 2.05) is 0 Å². The summed E-state index contributed by atoms with van der Waals surface area (Å²) in [6.07, 6.45) is 0.962. The predicted octanol–water partition coefficient (Wildman–Crippen LogP) is 2.46. The van der Waals surface area contributed by atoms with Crippen LogP contribution in [-0.4, -0.2) is 15.6 Å². The van der Waals surface area contributed by atoms with Crippen molar-refractivity contribution < 1.29 is 5.11 Å². The summed E-state index contributed by atoms with van der Waals surface area (Å²) in [5.41, 5.74) is 0. The minimum Gasteiger partial charge on any atom is -0.393 e. The number of aliphatic hydroxyl groups is 1. The van der Waals surface area contributed by atoms with Crippen LogP contribution in [0.3, 0.4) is 0 Å². The summed E-state index contributed by atoms with van der Waals surface area (Å²) in [7, 11) is 0.